The molecule has 0 bridgehead atoms. The number of primary amides is 1. The molecule has 1 aromatic carbocycles. The van der Waals surface area contributed by atoms with Crippen LogP contribution < -0.4 is 16.4 Å². The van der Waals surface area contributed by atoms with E-state index >= 15 is 0 Å². The second-order valence-electron chi connectivity index (χ2n) is 5.29. The lowest BCUT2D eigenvalue weighted by Crippen LogP contribution is -2.19. The van der Waals surface area contributed by atoms with Crippen LogP contribution in [0.3, 0.4) is 0 Å². The predicted molar refractivity (Wildman–Crippen MR) is 79.3 cm³/mol. The molecule has 2 amide bonds. The fourth-order valence-corrected chi connectivity index (χ4v) is 2.71. The molecule has 0 saturated heterocycles. The molecule has 1 saturated carbocycles. The Morgan fingerprint density at radius 1 is 1.11 bits per heavy atom. The molecule has 0 spiro atoms. The van der Waals surface area contributed by atoms with Crippen LogP contribution in [0.4, 0.5) is 16.2 Å². The standard InChI is InChI=1S/C15H23N3O/c16-15(19)18-14-8-6-13(7-9-14)17-11-10-12-4-2-1-3-5-12/h6-9,12,17H,1-5,10-11H2,(H3,16,18,19). The van der Waals surface area contributed by atoms with Gasteiger partial charge in [0.2, 0.25) is 0 Å². The Hall–Kier alpha value is -1.71. The lowest BCUT2D eigenvalue weighted by molar-refractivity contribution is 0.259. The number of hydrogen-bond donors (Lipinski definition) is 3. The van der Waals surface area contributed by atoms with E-state index in [1.54, 1.807) is 0 Å². The summed E-state index contributed by atoms with van der Waals surface area (Å²) in [5.74, 6) is 0.900. The van der Waals surface area contributed by atoms with E-state index in [2.05, 4.69) is 10.6 Å². The number of anilines is 2. The Labute approximate surface area is 114 Å². The Bertz CT molecular complexity index is 396. The van der Waals surface area contributed by atoms with Crippen molar-refractivity contribution < 1.29 is 4.79 Å². The highest BCUT2D eigenvalue weighted by atomic mass is 16.2. The summed E-state index contributed by atoms with van der Waals surface area (Å²) in [4.78, 5) is 10.7. The first-order valence-corrected chi connectivity index (χ1v) is 7.14. The molecule has 1 aromatic rings. The zero-order chi connectivity index (χ0) is 13.5. The Morgan fingerprint density at radius 2 is 1.74 bits per heavy atom. The highest BCUT2D eigenvalue weighted by Crippen LogP contribution is 2.26. The SMILES string of the molecule is NC(=O)Nc1ccc(NCCC2CCCCC2)cc1. The molecule has 0 radical (unpaired) electrons. The van der Waals surface area contributed by atoms with Crippen molar-refractivity contribution in [3.63, 3.8) is 0 Å². The third kappa shape index (κ3) is 4.81. The summed E-state index contributed by atoms with van der Waals surface area (Å²) in [6.45, 7) is 1.02. The van der Waals surface area contributed by atoms with Gasteiger partial charge in [-0.2, -0.15) is 0 Å². The number of amides is 2. The number of urea groups is 1. The third-order valence-corrected chi connectivity index (χ3v) is 3.76. The van der Waals surface area contributed by atoms with E-state index < -0.39 is 6.03 Å². The van der Waals surface area contributed by atoms with Gasteiger partial charge in [0.1, 0.15) is 0 Å². The highest BCUT2D eigenvalue weighted by molar-refractivity contribution is 5.87. The molecule has 1 aliphatic carbocycles. The quantitative estimate of drug-likeness (QED) is 0.758. The van der Waals surface area contributed by atoms with Crippen LogP contribution in [0.15, 0.2) is 24.3 Å². The highest BCUT2D eigenvalue weighted by Gasteiger charge is 2.12. The smallest absolute Gasteiger partial charge is 0.316 e. The number of hydrogen-bond acceptors (Lipinski definition) is 2. The minimum atomic E-state index is -0.530. The second-order valence-corrected chi connectivity index (χ2v) is 5.29. The van der Waals surface area contributed by atoms with Crippen molar-refractivity contribution in [2.45, 2.75) is 38.5 Å². The number of nitrogens with two attached hydrogens (primary N) is 1. The summed E-state index contributed by atoms with van der Waals surface area (Å²) < 4.78 is 0. The average Bonchev–Trinajstić information content (AvgIpc) is 2.41. The summed E-state index contributed by atoms with van der Waals surface area (Å²) in [7, 11) is 0. The Kier molecular flexibility index (Phi) is 5.07. The molecular weight excluding hydrogens is 238 g/mol. The summed E-state index contributed by atoms with van der Waals surface area (Å²) in [6, 6.07) is 7.11. The summed E-state index contributed by atoms with van der Waals surface area (Å²) in [6.07, 6.45) is 8.25. The van der Waals surface area contributed by atoms with Gasteiger partial charge < -0.3 is 16.4 Å². The van der Waals surface area contributed by atoms with Crippen LogP contribution in [0.5, 0.6) is 0 Å². The lowest BCUT2D eigenvalue weighted by atomic mass is 9.87. The maximum Gasteiger partial charge on any atom is 0.316 e. The van der Waals surface area contributed by atoms with Gasteiger partial charge >= 0.3 is 6.03 Å². The molecule has 0 unspecified atom stereocenters. The van der Waals surface area contributed by atoms with Crippen molar-refractivity contribution in [2.75, 3.05) is 17.2 Å². The minimum Gasteiger partial charge on any atom is -0.385 e. The molecule has 0 aromatic heterocycles. The van der Waals surface area contributed by atoms with Gasteiger partial charge in [-0.05, 0) is 36.6 Å². The third-order valence-electron chi connectivity index (χ3n) is 3.76. The first-order chi connectivity index (χ1) is 9.24. The number of benzene rings is 1. The van der Waals surface area contributed by atoms with E-state index in [1.165, 1.54) is 38.5 Å². The van der Waals surface area contributed by atoms with E-state index in [0.29, 0.717) is 0 Å². The van der Waals surface area contributed by atoms with E-state index in [9.17, 15) is 4.79 Å². The lowest BCUT2D eigenvalue weighted by Gasteiger charge is -2.21. The molecule has 2 rings (SSSR count). The van der Waals surface area contributed by atoms with Crippen LogP contribution in [0.1, 0.15) is 38.5 Å². The first kappa shape index (κ1) is 13.7. The number of nitrogens with one attached hydrogen (secondary N) is 2. The summed E-state index contributed by atoms with van der Waals surface area (Å²) >= 11 is 0. The molecule has 4 heteroatoms. The maximum atomic E-state index is 10.7. The fraction of sp³-hybridized carbons (Fsp3) is 0.533. The van der Waals surface area contributed by atoms with Gasteiger partial charge in [0, 0.05) is 17.9 Å². The molecule has 104 valence electrons. The van der Waals surface area contributed by atoms with Crippen molar-refractivity contribution in [1.29, 1.82) is 0 Å². The van der Waals surface area contributed by atoms with Crippen LogP contribution in [0.2, 0.25) is 0 Å². The number of rotatable bonds is 5. The van der Waals surface area contributed by atoms with Crippen molar-refractivity contribution in [3.05, 3.63) is 24.3 Å². The monoisotopic (exact) mass is 261 g/mol. The molecule has 1 fully saturated rings. The zero-order valence-corrected chi connectivity index (χ0v) is 11.3. The van der Waals surface area contributed by atoms with E-state index in [-0.39, 0.29) is 0 Å². The fourth-order valence-electron chi connectivity index (χ4n) is 2.71. The van der Waals surface area contributed by atoms with Crippen molar-refractivity contribution in [3.8, 4) is 0 Å². The van der Waals surface area contributed by atoms with E-state index in [0.717, 1.165) is 23.8 Å². The minimum absolute atomic E-state index is 0.530. The summed E-state index contributed by atoms with van der Waals surface area (Å²) in [5, 5.41) is 5.98. The largest absolute Gasteiger partial charge is 0.385 e. The van der Waals surface area contributed by atoms with Crippen molar-refractivity contribution in [2.24, 2.45) is 11.7 Å². The predicted octanol–water partition coefficient (Wildman–Crippen LogP) is 3.56. The number of carbonyl (C=O) groups is 1. The van der Waals surface area contributed by atoms with Crippen LogP contribution in [-0.2, 0) is 0 Å². The molecule has 4 N–H and O–H groups in total. The molecule has 1 aliphatic rings. The maximum absolute atomic E-state index is 10.7. The van der Waals surface area contributed by atoms with Crippen molar-refractivity contribution in [1.82, 2.24) is 0 Å². The molecule has 0 atom stereocenters. The Morgan fingerprint density at radius 3 is 2.37 bits per heavy atom. The van der Waals surface area contributed by atoms with Gasteiger partial charge in [-0.25, -0.2) is 4.79 Å². The van der Waals surface area contributed by atoms with Gasteiger partial charge in [-0.3, -0.25) is 0 Å². The topological polar surface area (TPSA) is 67.2 Å². The second kappa shape index (κ2) is 7.02. The molecule has 4 nitrogen and oxygen atoms in total. The molecule has 0 aliphatic heterocycles. The van der Waals surface area contributed by atoms with Crippen LogP contribution in [-0.4, -0.2) is 12.6 Å². The van der Waals surface area contributed by atoms with Gasteiger partial charge in [0.25, 0.3) is 0 Å². The van der Waals surface area contributed by atoms with E-state index in [4.69, 9.17) is 5.73 Å². The van der Waals surface area contributed by atoms with Gasteiger partial charge in [-0.1, -0.05) is 32.1 Å². The number of carbonyl (C=O) groups excluding carboxylic acids is 1. The average molecular weight is 261 g/mol. The van der Waals surface area contributed by atoms with Gasteiger partial charge in [-0.15, -0.1) is 0 Å². The van der Waals surface area contributed by atoms with Crippen molar-refractivity contribution >= 4 is 17.4 Å². The van der Waals surface area contributed by atoms with Crippen LogP contribution in [0, 0.1) is 5.92 Å². The normalized spacial score (nSPS) is 16.0. The van der Waals surface area contributed by atoms with Gasteiger partial charge in [0.15, 0.2) is 0 Å². The molecular formula is C15H23N3O. The van der Waals surface area contributed by atoms with Crippen LogP contribution >= 0.6 is 0 Å². The zero-order valence-electron chi connectivity index (χ0n) is 11.3. The summed E-state index contributed by atoms with van der Waals surface area (Å²) in [5.41, 5.74) is 6.88. The van der Waals surface area contributed by atoms with Gasteiger partial charge in [0.05, 0.1) is 0 Å². The van der Waals surface area contributed by atoms with Crippen LogP contribution in [0.25, 0.3) is 0 Å². The molecule has 19 heavy (non-hydrogen) atoms. The Balaban J connectivity index is 1.71. The first-order valence-electron chi connectivity index (χ1n) is 7.14. The molecule has 0 heterocycles. The van der Waals surface area contributed by atoms with E-state index in [1.807, 2.05) is 24.3 Å².